The molecule has 1 fully saturated rings. The fourth-order valence-electron chi connectivity index (χ4n) is 1.45. The van der Waals surface area contributed by atoms with Gasteiger partial charge in [0.15, 0.2) is 6.10 Å². The van der Waals surface area contributed by atoms with Gasteiger partial charge in [-0.15, -0.1) is 0 Å². The molecule has 1 aromatic carbocycles. The van der Waals surface area contributed by atoms with Crippen LogP contribution in [0.4, 0.5) is 4.39 Å². The van der Waals surface area contributed by atoms with Crippen LogP contribution in [-0.4, -0.2) is 24.0 Å². The van der Waals surface area contributed by atoms with Gasteiger partial charge in [0.1, 0.15) is 5.82 Å². The summed E-state index contributed by atoms with van der Waals surface area (Å²) in [6.07, 6.45) is 0.997. The van der Waals surface area contributed by atoms with E-state index in [2.05, 4.69) is 5.32 Å². The van der Waals surface area contributed by atoms with Gasteiger partial charge in [-0.25, -0.2) is 9.18 Å². The van der Waals surface area contributed by atoms with Crippen LogP contribution in [0.2, 0.25) is 0 Å². The van der Waals surface area contributed by atoms with Gasteiger partial charge in [-0.2, -0.15) is 0 Å². The van der Waals surface area contributed by atoms with Crippen LogP contribution in [0.15, 0.2) is 24.3 Å². The molecule has 1 amide bonds. The zero-order chi connectivity index (χ0) is 13.1. The summed E-state index contributed by atoms with van der Waals surface area (Å²) in [5.74, 6) is -1.83. The second kappa shape index (κ2) is 5.16. The Morgan fingerprint density at radius 1 is 1.39 bits per heavy atom. The third kappa shape index (κ3) is 3.06. The van der Waals surface area contributed by atoms with E-state index in [1.807, 2.05) is 0 Å². The number of halogens is 1. The highest BCUT2D eigenvalue weighted by molar-refractivity contribution is 5.92. The molecule has 0 radical (unpaired) electrons. The first-order chi connectivity index (χ1) is 8.58. The predicted molar refractivity (Wildman–Crippen MR) is 62.4 cm³/mol. The molecular formula is C13H14FNO3. The number of carbonyl (C=O) groups is 2. The lowest BCUT2D eigenvalue weighted by Crippen LogP contribution is -2.37. The summed E-state index contributed by atoms with van der Waals surface area (Å²) >= 11 is 0. The Bertz CT molecular complexity index is 471. The van der Waals surface area contributed by atoms with E-state index in [0.29, 0.717) is 0 Å². The quantitative estimate of drug-likeness (QED) is 0.828. The fourth-order valence-corrected chi connectivity index (χ4v) is 1.45. The van der Waals surface area contributed by atoms with Crippen LogP contribution in [0.1, 0.15) is 30.1 Å². The zero-order valence-corrected chi connectivity index (χ0v) is 9.98. The Morgan fingerprint density at radius 3 is 2.67 bits per heavy atom. The monoisotopic (exact) mass is 251 g/mol. The number of benzene rings is 1. The summed E-state index contributed by atoms with van der Waals surface area (Å²) < 4.78 is 18.2. The van der Waals surface area contributed by atoms with Crippen LogP contribution < -0.4 is 5.32 Å². The highest BCUT2D eigenvalue weighted by Gasteiger charge is 2.27. The Balaban J connectivity index is 1.94. The van der Waals surface area contributed by atoms with Crippen molar-refractivity contribution in [2.45, 2.75) is 31.9 Å². The van der Waals surface area contributed by atoms with Gasteiger partial charge in [-0.05, 0) is 31.9 Å². The molecular weight excluding hydrogens is 237 g/mol. The second-order valence-electron chi connectivity index (χ2n) is 4.31. The molecule has 0 bridgehead atoms. The number of carbonyl (C=O) groups excluding carboxylic acids is 2. The standard InChI is InChI=1S/C13H14FNO3/c1-8(12(16)15-9-6-7-9)18-13(17)10-4-2-3-5-11(10)14/h2-5,8-9H,6-7H2,1H3,(H,15,16)/t8-/m1/s1. The molecule has 0 aromatic heterocycles. The number of nitrogens with one attached hydrogen (secondary N) is 1. The largest absolute Gasteiger partial charge is 0.449 e. The first-order valence-corrected chi connectivity index (χ1v) is 5.84. The van der Waals surface area contributed by atoms with Crippen LogP contribution in [0, 0.1) is 5.82 Å². The van der Waals surface area contributed by atoms with E-state index < -0.39 is 17.9 Å². The maximum absolute atomic E-state index is 13.3. The van der Waals surface area contributed by atoms with Crippen LogP contribution in [0.3, 0.4) is 0 Å². The topological polar surface area (TPSA) is 55.4 Å². The summed E-state index contributed by atoms with van der Waals surface area (Å²) in [7, 11) is 0. The number of rotatable bonds is 4. The lowest BCUT2D eigenvalue weighted by molar-refractivity contribution is -0.129. The zero-order valence-electron chi connectivity index (χ0n) is 9.98. The lowest BCUT2D eigenvalue weighted by Gasteiger charge is -2.13. The second-order valence-corrected chi connectivity index (χ2v) is 4.31. The van der Waals surface area contributed by atoms with E-state index in [-0.39, 0.29) is 17.5 Å². The van der Waals surface area contributed by atoms with E-state index in [1.54, 1.807) is 0 Å². The minimum Gasteiger partial charge on any atom is -0.449 e. The van der Waals surface area contributed by atoms with Gasteiger partial charge in [0, 0.05) is 6.04 Å². The molecule has 0 saturated heterocycles. The number of ether oxygens (including phenoxy) is 1. The van der Waals surface area contributed by atoms with E-state index in [4.69, 9.17) is 4.74 Å². The average Bonchev–Trinajstić information content (AvgIpc) is 3.13. The molecule has 96 valence electrons. The molecule has 1 saturated carbocycles. The molecule has 2 rings (SSSR count). The van der Waals surface area contributed by atoms with Crippen molar-refractivity contribution < 1.29 is 18.7 Å². The van der Waals surface area contributed by atoms with Gasteiger partial charge in [0.2, 0.25) is 0 Å². The molecule has 1 atom stereocenters. The van der Waals surface area contributed by atoms with E-state index in [9.17, 15) is 14.0 Å². The Labute approximate surface area is 104 Å². The van der Waals surface area contributed by atoms with Crippen molar-refractivity contribution in [2.24, 2.45) is 0 Å². The van der Waals surface area contributed by atoms with Gasteiger partial charge < -0.3 is 10.1 Å². The normalized spacial score (nSPS) is 15.9. The van der Waals surface area contributed by atoms with Crippen molar-refractivity contribution in [1.82, 2.24) is 5.32 Å². The lowest BCUT2D eigenvalue weighted by atomic mass is 10.2. The highest BCUT2D eigenvalue weighted by atomic mass is 19.1. The van der Waals surface area contributed by atoms with Crippen molar-refractivity contribution in [1.29, 1.82) is 0 Å². The van der Waals surface area contributed by atoms with E-state index in [0.717, 1.165) is 12.8 Å². The summed E-state index contributed by atoms with van der Waals surface area (Å²) in [5, 5.41) is 2.72. The van der Waals surface area contributed by atoms with Gasteiger partial charge in [0.05, 0.1) is 5.56 Å². The van der Waals surface area contributed by atoms with E-state index >= 15 is 0 Å². The summed E-state index contributed by atoms with van der Waals surface area (Å²) in [4.78, 5) is 23.2. The predicted octanol–water partition coefficient (Wildman–Crippen LogP) is 1.65. The van der Waals surface area contributed by atoms with Crippen LogP contribution in [-0.2, 0) is 9.53 Å². The van der Waals surface area contributed by atoms with Gasteiger partial charge in [-0.3, -0.25) is 4.79 Å². The molecule has 0 aliphatic heterocycles. The molecule has 1 N–H and O–H groups in total. The number of hydrogen-bond donors (Lipinski definition) is 1. The summed E-state index contributed by atoms with van der Waals surface area (Å²) in [5.41, 5.74) is -0.163. The third-order valence-electron chi connectivity index (χ3n) is 2.67. The van der Waals surface area contributed by atoms with Crippen LogP contribution in [0.25, 0.3) is 0 Å². The summed E-state index contributed by atoms with van der Waals surface area (Å²) in [6, 6.07) is 5.71. The summed E-state index contributed by atoms with van der Waals surface area (Å²) in [6.45, 7) is 1.47. The number of hydrogen-bond acceptors (Lipinski definition) is 3. The molecule has 1 aliphatic rings. The third-order valence-corrected chi connectivity index (χ3v) is 2.67. The van der Waals surface area contributed by atoms with Gasteiger partial charge >= 0.3 is 5.97 Å². The van der Waals surface area contributed by atoms with E-state index in [1.165, 1.54) is 31.2 Å². The molecule has 0 unspecified atom stereocenters. The van der Waals surface area contributed by atoms with Crippen LogP contribution >= 0.6 is 0 Å². The first kappa shape index (κ1) is 12.5. The number of amides is 1. The van der Waals surface area contributed by atoms with Gasteiger partial charge in [0.25, 0.3) is 5.91 Å². The SMILES string of the molecule is C[C@@H](OC(=O)c1ccccc1F)C(=O)NC1CC1. The van der Waals surface area contributed by atoms with Crippen molar-refractivity contribution >= 4 is 11.9 Å². The van der Waals surface area contributed by atoms with Gasteiger partial charge in [-0.1, -0.05) is 12.1 Å². The first-order valence-electron chi connectivity index (χ1n) is 5.84. The number of esters is 1. The van der Waals surface area contributed by atoms with Crippen molar-refractivity contribution in [3.05, 3.63) is 35.6 Å². The molecule has 18 heavy (non-hydrogen) atoms. The average molecular weight is 251 g/mol. The smallest absolute Gasteiger partial charge is 0.341 e. The highest BCUT2D eigenvalue weighted by Crippen LogP contribution is 2.19. The molecule has 0 heterocycles. The Kier molecular flexibility index (Phi) is 3.60. The Hall–Kier alpha value is -1.91. The molecule has 5 heteroatoms. The van der Waals surface area contributed by atoms with Crippen molar-refractivity contribution in [3.63, 3.8) is 0 Å². The van der Waals surface area contributed by atoms with Crippen molar-refractivity contribution in [3.8, 4) is 0 Å². The molecule has 1 aromatic rings. The minimum absolute atomic E-state index is 0.163. The molecule has 0 spiro atoms. The van der Waals surface area contributed by atoms with Crippen molar-refractivity contribution in [2.75, 3.05) is 0 Å². The van der Waals surface area contributed by atoms with Crippen LogP contribution in [0.5, 0.6) is 0 Å². The fraction of sp³-hybridized carbons (Fsp3) is 0.385. The maximum atomic E-state index is 13.3. The molecule has 4 nitrogen and oxygen atoms in total. The maximum Gasteiger partial charge on any atom is 0.341 e. The Morgan fingerprint density at radius 2 is 2.06 bits per heavy atom. The minimum atomic E-state index is -0.919. The molecule has 1 aliphatic carbocycles.